The molecular formula is C28H41ClN8O3. The standard InChI is InChI=1S/C28H40N8O3.ClH/c1-18(15-33-16-22-21(14-29)23(22)17-33)19-4-6-20(7-5-19)36-9-8-24(32-27(36)39)31-26(38)35-12-10-34(11-13-35)25(37)28(2,3)30;/h4-9,18,21-23H,10-17,29-30H2,1-3H3,(H,31,32,38,39);1H. The van der Waals surface area contributed by atoms with E-state index in [1.165, 1.54) is 10.1 Å². The fourth-order valence-electron chi connectivity index (χ4n) is 6.07. The van der Waals surface area contributed by atoms with Gasteiger partial charge in [-0.15, -0.1) is 12.4 Å². The van der Waals surface area contributed by atoms with Crippen LogP contribution in [0.1, 0.15) is 32.3 Å². The van der Waals surface area contributed by atoms with Gasteiger partial charge in [0.2, 0.25) is 5.91 Å². The zero-order valence-electron chi connectivity index (χ0n) is 23.5. The first kappa shape index (κ1) is 30.0. The molecule has 3 atom stereocenters. The molecule has 3 amide bonds. The van der Waals surface area contributed by atoms with Gasteiger partial charge in [-0.3, -0.25) is 14.7 Å². The first-order valence-corrected chi connectivity index (χ1v) is 13.8. The molecular weight excluding hydrogens is 532 g/mol. The van der Waals surface area contributed by atoms with Crippen molar-refractivity contribution in [2.45, 2.75) is 32.2 Å². The fraction of sp³-hybridized carbons (Fsp3) is 0.571. The minimum Gasteiger partial charge on any atom is -0.338 e. The Labute approximate surface area is 241 Å². The average Bonchev–Trinajstić information content (AvgIpc) is 3.39. The number of likely N-dealkylation sites (tertiary alicyclic amines) is 1. The van der Waals surface area contributed by atoms with E-state index in [-0.39, 0.29) is 30.2 Å². The molecule has 0 radical (unpaired) electrons. The molecule has 40 heavy (non-hydrogen) atoms. The second-order valence-corrected chi connectivity index (χ2v) is 11.8. The zero-order valence-corrected chi connectivity index (χ0v) is 24.3. The Bertz CT molecular complexity index is 1260. The van der Waals surface area contributed by atoms with Crippen LogP contribution in [0.2, 0.25) is 0 Å². The van der Waals surface area contributed by atoms with Crippen LogP contribution in [0.4, 0.5) is 10.6 Å². The molecule has 0 bridgehead atoms. The minimum atomic E-state index is -0.945. The van der Waals surface area contributed by atoms with Gasteiger partial charge in [0.25, 0.3) is 0 Å². The van der Waals surface area contributed by atoms with Crippen molar-refractivity contribution in [2.24, 2.45) is 29.2 Å². The van der Waals surface area contributed by atoms with Crippen LogP contribution in [0.5, 0.6) is 0 Å². The predicted molar refractivity (Wildman–Crippen MR) is 157 cm³/mol. The van der Waals surface area contributed by atoms with E-state index in [0.29, 0.717) is 32.1 Å². The summed E-state index contributed by atoms with van der Waals surface area (Å²) in [6, 6.07) is 9.26. The summed E-state index contributed by atoms with van der Waals surface area (Å²) < 4.78 is 1.46. The number of halogens is 1. The van der Waals surface area contributed by atoms with E-state index < -0.39 is 11.2 Å². The van der Waals surface area contributed by atoms with Crippen molar-refractivity contribution in [1.82, 2.24) is 24.3 Å². The monoisotopic (exact) mass is 572 g/mol. The van der Waals surface area contributed by atoms with Crippen molar-refractivity contribution in [3.05, 3.63) is 52.6 Å². The van der Waals surface area contributed by atoms with Gasteiger partial charge in [-0.25, -0.2) is 9.59 Å². The molecule has 218 valence electrons. The summed E-state index contributed by atoms with van der Waals surface area (Å²) in [4.78, 5) is 47.7. The van der Waals surface area contributed by atoms with Crippen LogP contribution in [-0.4, -0.2) is 94.1 Å². The van der Waals surface area contributed by atoms with Gasteiger partial charge < -0.3 is 26.2 Å². The molecule has 11 nitrogen and oxygen atoms in total. The normalized spacial score (nSPS) is 23.3. The Kier molecular flexibility index (Phi) is 8.89. The summed E-state index contributed by atoms with van der Waals surface area (Å²) in [5.41, 5.74) is 12.3. The van der Waals surface area contributed by atoms with Crippen molar-refractivity contribution in [3.8, 4) is 5.69 Å². The number of rotatable bonds is 7. The number of carbonyl (C=O) groups excluding carboxylic acids is 2. The highest BCUT2D eigenvalue weighted by Gasteiger charge is 2.54. The molecule has 3 heterocycles. The molecule has 2 aliphatic heterocycles. The van der Waals surface area contributed by atoms with E-state index in [1.807, 2.05) is 12.1 Å². The fourth-order valence-corrected chi connectivity index (χ4v) is 6.07. The first-order valence-electron chi connectivity index (χ1n) is 13.8. The van der Waals surface area contributed by atoms with Crippen molar-refractivity contribution < 1.29 is 9.59 Å². The second-order valence-electron chi connectivity index (χ2n) is 11.8. The number of piperazine rings is 1. The number of nitrogens with two attached hydrogens (primary N) is 2. The van der Waals surface area contributed by atoms with Gasteiger partial charge >= 0.3 is 11.7 Å². The maximum atomic E-state index is 12.8. The molecule has 1 saturated carbocycles. The van der Waals surface area contributed by atoms with Crippen LogP contribution in [0, 0.1) is 17.8 Å². The highest BCUT2D eigenvalue weighted by molar-refractivity contribution is 5.89. The van der Waals surface area contributed by atoms with Crippen LogP contribution >= 0.6 is 12.4 Å². The summed E-state index contributed by atoms with van der Waals surface area (Å²) in [7, 11) is 0. The Hall–Kier alpha value is -2.99. The molecule has 0 spiro atoms. The molecule has 2 aromatic rings. The van der Waals surface area contributed by atoms with Gasteiger partial charge in [0, 0.05) is 52.0 Å². The Morgan fingerprint density at radius 1 is 1.05 bits per heavy atom. The lowest BCUT2D eigenvalue weighted by Gasteiger charge is -2.37. The number of hydrogen-bond donors (Lipinski definition) is 3. The number of urea groups is 1. The lowest BCUT2D eigenvalue weighted by atomic mass is 10.00. The van der Waals surface area contributed by atoms with E-state index in [0.717, 1.165) is 49.6 Å². The number of aromatic nitrogens is 2. The summed E-state index contributed by atoms with van der Waals surface area (Å²) >= 11 is 0. The van der Waals surface area contributed by atoms with Gasteiger partial charge in [0.05, 0.1) is 11.2 Å². The minimum absolute atomic E-state index is 0. The molecule has 2 saturated heterocycles. The van der Waals surface area contributed by atoms with E-state index in [4.69, 9.17) is 11.5 Å². The summed E-state index contributed by atoms with van der Waals surface area (Å²) in [6.07, 6.45) is 1.62. The lowest BCUT2D eigenvalue weighted by molar-refractivity contribution is -0.137. The number of nitrogens with one attached hydrogen (secondary N) is 1. The third kappa shape index (κ3) is 6.33. The van der Waals surface area contributed by atoms with Crippen LogP contribution in [0.25, 0.3) is 5.69 Å². The van der Waals surface area contributed by atoms with Gasteiger partial charge in [0.1, 0.15) is 5.82 Å². The molecule has 3 aliphatic rings. The van der Waals surface area contributed by atoms with Crippen molar-refractivity contribution in [2.75, 3.05) is 57.7 Å². The summed E-state index contributed by atoms with van der Waals surface area (Å²) in [5.74, 6) is 2.76. The first-order chi connectivity index (χ1) is 18.5. The van der Waals surface area contributed by atoms with Gasteiger partial charge in [-0.05, 0) is 67.8 Å². The largest absolute Gasteiger partial charge is 0.354 e. The van der Waals surface area contributed by atoms with E-state index in [9.17, 15) is 14.4 Å². The third-order valence-corrected chi connectivity index (χ3v) is 8.44. The molecule has 5 rings (SSSR count). The number of fused-ring (bicyclic) bond motifs is 1. The molecule has 1 aromatic heterocycles. The lowest BCUT2D eigenvalue weighted by Crippen LogP contribution is -2.58. The van der Waals surface area contributed by atoms with Crippen LogP contribution < -0.4 is 22.5 Å². The van der Waals surface area contributed by atoms with Crippen LogP contribution in [0.3, 0.4) is 0 Å². The zero-order chi connectivity index (χ0) is 27.9. The Morgan fingerprint density at radius 2 is 1.65 bits per heavy atom. The SMILES string of the molecule is CC(CN1CC2C(CN)C2C1)c1ccc(-n2ccc(NC(=O)N3CCN(C(=O)C(C)(C)N)CC3)nc2=O)cc1.Cl. The quantitative estimate of drug-likeness (QED) is 0.454. The number of hydrogen-bond acceptors (Lipinski definition) is 7. The molecule has 3 unspecified atom stereocenters. The van der Waals surface area contributed by atoms with Crippen molar-refractivity contribution in [3.63, 3.8) is 0 Å². The van der Waals surface area contributed by atoms with Crippen LogP contribution in [0.15, 0.2) is 41.3 Å². The number of nitrogens with zero attached hydrogens (tertiary/aromatic N) is 5. The number of anilines is 1. The van der Waals surface area contributed by atoms with E-state index in [1.54, 1.807) is 35.9 Å². The van der Waals surface area contributed by atoms with Gasteiger partial charge in [-0.1, -0.05) is 19.1 Å². The van der Waals surface area contributed by atoms with Crippen molar-refractivity contribution >= 4 is 30.2 Å². The number of amides is 3. The van der Waals surface area contributed by atoms with Gasteiger partial charge in [0.15, 0.2) is 0 Å². The third-order valence-electron chi connectivity index (χ3n) is 8.44. The molecule has 1 aromatic carbocycles. The number of benzene rings is 1. The molecule has 3 fully saturated rings. The Morgan fingerprint density at radius 3 is 2.20 bits per heavy atom. The van der Waals surface area contributed by atoms with Gasteiger partial charge in [-0.2, -0.15) is 4.98 Å². The smallest absolute Gasteiger partial charge is 0.338 e. The highest BCUT2D eigenvalue weighted by Crippen LogP contribution is 2.51. The number of piperidine rings is 1. The van der Waals surface area contributed by atoms with Crippen LogP contribution in [-0.2, 0) is 4.79 Å². The Balaban J connectivity index is 0.00000370. The average molecular weight is 573 g/mol. The molecule has 5 N–H and O–H groups in total. The van der Waals surface area contributed by atoms with E-state index >= 15 is 0 Å². The summed E-state index contributed by atoms with van der Waals surface area (Å²) in [6.45, 7) is 11.3. The van der Waals surface area contributed by atoms with E-state index in [2.05, 4.69) is 34.3 Å². The second kappa shape index (κ2) is 11.9. The van der Waals surface area contributed by atoms with Crippen molar-refractivity contribution in [1.29, 1.82) is 0 Å². The topological polar surface area (TPSA) is 143 Å². The number of carbonyl (C=O) groups is 2. The molecule has 1 aliphatic carbocycles. The molecule has 12 heteroatoms. The predicted octanol–water partition coefficient (Wildman–Crippen LogP) is 1.31. The summed E-state index contributed by atoms with van der Waals surface area (Å²) in [5, 5.41) is 2.70. The highest BCUT2D eigenvalue weighted by atomic mass is 35.5. The maximum Gasteiger partial charge on any atom is 0.354 e. The maximum absolute atomic E-state index is 12.8.